The van der Waals surface area contributed by atoms with Gasteiger partial charge in [-0.1, -0.05) is 24.8 Å². The number of hydrogen-bond donors (Lipinski definition) is 1. The summed E-state index contributed by atoms with van der Waals surface area (Å²) < 4.78 is 15.9. The Kier molecular flexibility index (Phi) is 7.70. The molecule has 0 heterocycles. The van der Waals surface area contributed by atoms with Gasteiger partial charge in [0.25, 0.3) is 0 Å². The van der Waals surface area contributed by atoms with Crippen LogP contribution < -0.4 is 19.5 Å². The van der Waals surface area contributed by atoms with Gasteiger partial charge in [0.05, 0.1) is 20.8 Å². The highest BCUT2D eigenvalue weighted by Crippen LogP contribution is 2.29. The fourth-order valence-corrected chi connectivity index (χ4v) is 2.57. The molecule has 0 aliphatic carbocycles. The van der Waals surface area contributed by atoms with Gasteiger partial charge in [-0.15, -0.1) is 0 Å². The van der Waals surface area contributed by atoms with Crippen LogP contribution >= 0.6 is 0 Å². The van der Waals surface area contributed by atoms with Gasteiger partial charge < -0.3 is 19.5 Å². The summed E-state index contributed by atoms with van der Waals surface area (Å²) >= 11 is 0. The SMILES string of the molecule is C=CCOc1ccc(CN(C)CC(=O)Nc2ccc(OC)c(OC)c2)cc1. The zero-order valence-corrected chi connectivity index (χ0v) is 16.0. The maximum atomic E-state index is 12.3. The fourth-order valence-electron chi connectivity index (χ4n) is 2.57. The highest BCUT2D eigenvalue weighted by molar-refractivity contribution is 5.92. The molecule has 0 saturated carbocycles. The molecule has 0 spiro atoms. The topological polar surface area (TPSA) is 60.0 Å². The Morgan fingerprint density at radius 1 is 1.11 bits per heavy atom. The molecule has 0 fully saturated rings. The molecule has 0 atom stereocenters. The van der Waals surface area contributed by atoms with Crippen LogP contribution in [0, 0.1) is 0 Å². The van der Waals surface area contributed by atoms with E-state index in [0.29, 0.717) is 30.3 Å². The highest BCUT2D eigenvalue weighted by Gasteiger charge is 2.10. The quantitative estimate of drug-likeness (QED) is 0.650. The standard InChI is InChI=1S/C21H26N2O4/c1-5-12-27-18-9-6-16(7-10-18)14-23(2)15-21(24)22-17-8-11-19(25-3)20(13-17)26-4/h5-11,13H,1,12,14-15H2,2-4H3,(H,22,24). The molecule has 0 saturated heterocycles. The van der Waals surface area contributed by atoms with E-state index < -0.39 is 0 Å². The minimum Gasteiger partial charge on any atom is -0.493 e. The van der Waals surface area contributed by atoms with Gasteiger partial charge in [-0.3, -0.25) is 9.69 Å². The highest BCUT2D eigenvalue weighted by atomic mass is 16.5. The predicted octanol–water partition coefficient (Wildman–Crippen LogP) is 3.34. The third-order valence-electron chi connectivity index (χ3n) is 3.82. The number of benzene rings is 2. The average molecular weight is 370 g/mol. The van der Waals surface area contributed by atoms with Crippen LogP contribution in [0.25, 0.3) is 0 Å². The van der Waals surface area contributed by atoms with E-state index in [-0.39, 0.29) is 12.5 Å². The Balaban J connectivity index is 1.87. The summed E-state index contributed by atoms with van der Waals surface area (Å²) in [4.78, 5) is 14.2. The van der Waals surface area contributed by atoms with Gasteiger partial charge in [0, 0.05) is 18.3 Å². The first-order chi connectivity index (χ1) is 13.0. The zero-order valence-electron chi connectivity index (χ0n) is 16.0. The molecular weight excluding hydrogens is 344 g/mol. The van der Waals surface area contributed by atoms with E-state index in [0.717, 1.165) is 11.3 Å². The summed E-state index contributed by atoms with van der Waals surface area (Å²) in [6.07, 6.45) is 1.71. The van der Waals surface area contributed by atoms with Gasteiger partial charge >= 0.3 is 0 Å². The van der Waals surface area contributed by atoms with E-state index in [1.54, 1.807) is 38.5 Å². The Bertz CT molecular complexity index is 759. The summed E-state index contributed by atoms with van der Waals surface area (Å²) in [7, 11) is 5.03. The zero-order chi connectivity index (χ0) is 19.6. The first-order valence-electron chi connectivity index (χ1n) is 8.58. The van der Waals surface area contributed by atoms with Crippen LogP contribution in [0.1, 0.15) is 5.56 Å². The van der Waals surface area contributed by atoms with Crippen LogP contribution in [0.5, 0.6) is 17.2 Å². The molecule has 0 bridgehead atoms. The van der Waals surface area contributed by atoms with E-state index in [9.17, 15) is 4.79 Å². The maximum absolute atomic E-state index is 12.3. The van der Waals surface area contributed by atoms with Crippen molar-refractivity contribution in [3.05, 3.63) is 60.7 Å². The fraction of sp³-hybridized carbons (Fsp3) is 0.286. The molecule has 144 valence electrons. The van der Waals surface area contributed by atoms with E-state index >= 15 is 0 Å². The molecule has 0 unspecified atom stereocenters. The molecular formula is C21H26N2O4. The van der Waals surface area contributed by atoms with Crippen molar-refractivity contribution in [1.82, 2.24) is 4.90 Å². The lowest BCUT2D eigenvalue weighted by Crippen LogP contribution is -2.29. The Labute approximate surface area is 160 Å². The number of anilines is 1. The van der Waals surface area contributed by atoms with Crippen LogP contribution in [0.4, 0.5) is 5.69 Å². The van der Waals surface area contributed by atoms with Crippen LogP contribution in [0.3, 0.4) is 0 Å². The lowest BCUT2D eigenvalue weighted by Gasteiger charge is -2.17. The van der Waals surface area contributed by atoms with Crippen molar-refractivity contribution in [2.45, 2.75) is 6.54 Å². The molecule has 27 heavy (non-hydrogen) atoms. The molecule has 2 rings (SSSR count). The van der Waals surface area contributed by atoms with Crippen molar-refractivity contribution in [3.63, 3.8) is 0 Å². The lowest BCUT2D eigenvalue weighted by atomic mass is 10.2. The minimum atomic E-state index is -0.101. The second-order valence-corrected chi connectivity index (χ2v) is 6.03. The van der Waals surface area contributed by atoms with Crippen LogP contribution in [0.2, 0.25) is 0 Å². The van der Waals surface area contributed by atoms with Crippen molar-refractivity contribution in [3.8, 4) is 17.2 Å². The Morgan fingerprint density at radius 2 is 1.81 bits per heavy atom. The number of hydrogen-bond acceptors (Lipinski definition) is 5. The Hall–Kier alpha value is -2.99. The molecule has 0 aliphatic rings. The monoisotopic (exact) mass is 370 g/mol. The van der Waals surface area contributed by atoms with Crippen LogP contribution in [-0.2, 0) is 11.3 Å². The maximum Gasteiger partial charge on any atom is 0.238 e. The van der Waals surface area contributed by atoms with Crippen molar-refractivity contribution < 1.29 is 19.0 Å². The number of rotatable bonds is 10. The van der Waals surface area contributed by atoms with E-state index in [4.69, 9.17) is 14.2 Å². The van der Waals surface area contributed by atoms with Crippen molar-refractivity contribution in [1.29, 1.82) is 0 Å². The number of ether oxygens (including phenoxy) is 3. The van der Waals surface area contributed by atoms with E-state index in [1.165, 1.54) is 0 Å². The average Bonchev–Trinajstić information content (AvgIpc) is 2.67. The summed E-state index contributed by atoms with van der Waals surface area (Å²) in [6, 6.07) is 13.1. The number of amides is 1. The summed E-state index contributed by atoms with van der Waals surface area (Å²) in [6.45, 7) is 5.03. The van der Waals surface area contributed by atoms with Gasteiger partial charge in [-0.2, -0.15) is 0 Å². The molecule has 6 nitrogen and oxygen atoms in total. The summed E-state index contributed by atoms with van der Waals surface area (Å²) in [5, 5.41) is 2.87. The van der Waals surface area contributed by atoms with Crippen molar-refractivity contribution >= 4 is 11.6 Å². The van der Waals surface area contributed by atoms with Crippen LogP contribution in [-0.4, -0.2) is 45.2 Å². The predicted molar refractivity (Wildman–Crippen MR) is 107 cm³/mol. The second kappa shape index (κ2) is 10.2. The third-order valence-corrected chi connectivity index (χ3v) is 3.82. The van der Waals surface area contributed by atoms with Gasteiger partial charge in [0.1, 0.15) is 12.4 Å². The van der Waals surface area contributed by atoms with E-state index in [2.05, 4.69) is 11.9 Å². The van der Waals surface area contributed by atoms with Gasteiger partial charge in [0.15, 0.2) is 11.5 Å². The van der Waals surface area contributed by atoms with Crippen molar-refractivity contribution in [2.24, 2.45) is 0 Å². The van der Waals surface area contributed by atoms with Gasteiger partial charge in [-0.05, 0) is 36.9 Å². The summed E-state index contributed by atoms with van der Waals surface area (Å²) in [5.74, 6) is 1.89. The normalized spacial score (nSPS) is 10.4. The summed E-state index contributed by atoms with van der Waals surface area (Å²) in [5.41, 5.74) is 1.76. The van der Waals surface area contributed by atoms with Gasteiger partial charge in [-0.25, -0.2) is 0 Å². The minimum absolute atomic E-state index is 0.101. The van der Waals surface area contributed by atoms with Crippen molar-refractivity contribution in [2.75, 3.05) is 39.7 Å². The lowest BCUT2D eigenvalue weighted by molar-refractivity contribution is -0.117. The molecule has 0 aliphatic heterocycles. The number of methoxy groups -OCH3 is 2. The Morgan fingerprint density at radius 3 is 2.44 bits per heavy atom. The number of likely N-dealkylation sites (N-methyl/N-ethyl adjacent to an activating group) is 1. The molecule has 0 aromatic heterocycles. The number of carbonyl (C=O) groups is 1. The van der Waals surface area contributed by atoms with E-state index in [1.807, 2.05) is 36.2 Å². The molecule has 1 N–H and O–H groups in total. The molecule has 6 heteroatoms. The van der Waals surface area contributed by atoms with Gasteiger partial charge in [0.2, 0.25) is 5.91 Å². The number of nitrogens with zero attached hydrogens (tertiary/aromatic N) is 1. The molecule has 2 aromatic rings. The second-order valence-electron chi connectivity index (χ2n) is 6.03. The molecule has 2 aromatic carbocycles. The molecule has 0 radical (unpaired) electrons. The first-order valence-corrected chi connectivity index (χ1v) is 8.58. The van der Waals surface area contributed by atoms with Crippen LogP contribution in [0.15, 0.2) is 55.1 Å². The third kappa shape index (κ3) is 6.34. The molecule has 1 amide bonds. The first kappa shape index (κ1) is 20.3. The smallest absolute Gasteiger partial charge is 0.238 e. The largest absolute Gasteiger partial charge is 0.493 e. The number of carbonyl (C=O) groups excluding carboxylic acids is 1. The number of nitrogens with one attached hydrogen (secondary N) is 1.